The van der Waals surface area contributed by atoms with E-state index in [0.717, 1.165) is 12.0 Å². The van der Waals surface area contributed by atoms with Crippen molar-refractivity contribution in [2.45, 2.75) is 78.7 Å². The summed E-state index contributed by atoms with van der Waals surface area (Å²) in [6, 6.07) is 12.2. The van der Waals surface area contributed by atoms with E-state index in [4.69, 9.17) is 4.74 Å². The molecule has 2 N–H and O–H groups in total. The molecule has 7 heteroatoms. The molecular weight excluding hydrogens is 450 g/mol. The molecule has 0 saturated carbocycles. The number of hydrogen-bond acceptors (Lipinski definition) is 4. The first kappa shape index (κ1) is 27.9. The van der Waals surface area contributed by atoms with Crippen molar-refractivity contribution >= 4 is 16.0 Å². The predicted molar refractivity (Wildman–Crippen MR) is 136 cm³/mol. The van der Waals surface area contributed by atoms with Gasteiger partial charge in [-0.15, -0.1) is 0 Å². The Hall–Kier alpha value is -2.38. The summed E-state index contributed by atoms with van der Waals surface area (Å²) >= 11 is 0. The first-order chi connectivity index (χ1) is 15.5. The molecular formula is C27H39NO5S. The molecule has 2 rings (SSSR count). The van der Waals surface area contributed by atoms with Crippen LogP contribution in [0.5, 0.6) is 5.75 Å². The molecule has 0 heterocycles. The van der Waals surface area contributed by atoms with Gasteiger partial charge in [0.1, 0.15) is 5.75 Å². The summed E-state index contributed by atoms with van der Waals surface area (Å²) in [5.41, 5.74) is 2.75. The fourth-order valence-electron chi connectivity index (χ4n) is 4.08. The van der Waals surface area contributed by atoms with Crippen LogP contribution < -0.4 is 10.1 Å². The van der Waals surface area contributed by atoms with Crippen molar-refractivity contribution in [3.05, 3.63) is 59.2 Å². The average molecular weight is 490 g/mol. The van der Waals surface area contributed by atoms with E-state index < -0.39 is 10.1 Å². The lowest BCUT2D eigenvalue weighted by Crippen LogP contribution is -2.31. The molecule has 0 aliphatic carbocycles. The van der Waals surface area contributed by atoms with Crippen LogP contribution in [0, 0.1) is 17.8 Å². The van der Waals surface area contributed by atoms with Gasteiger partial charge in [-0.3, -0.25) is 9.35 Å². The third-order valence-electron chi connectivity index (χ3n) is 5.87. The molecule has 2 aromatic carbocycles. The van der Waals surface area contributed by atoms with Crippen LogP contribution in [0.1, 0.15) is 83.5 Å². The molecule has 1 amide bonds. The average Bonchev–Trinajstić information content (AvgIpc) is 2.68. The fourth-order valence-corrected chi connectivity index (χ4v) is 4.79. The number of carbonyl (C=O) groups excluding carboxylic acids is 1. The second-order valence-electron chi connectivity index (χ2n) is 11.3. The number of amides is 1. The fraction of sp³-hybridized carbons (Fsp3) is 0.519. The Bertz CT molecular complexity index is 1090. The Morgan fingerprint density at radius 1 is 1.00 bits per heavy atom. The summed E-state index contributed by atoms with van der Waals surface area (Å²) in [5.74, 6) is 0.748. The molecule has 2 unspecified atom stereocenters. The second-order valence-corrected chi connectivity index (χ2v) is 12.7. The second kappa shape index (κ2) is 10.5. The molecule has 2 atom stereocenters. The molecule has 34 heavy (non-hydrogen) atoms. The van der Waals surface area contributed by atoms with E-state index in [-0.39, 0.29) is 34.3 Å². The van der Waals surface area contributed by atoms with Gasteiger partial charge in [0.15, 0.2) is 6.61 Å². The van der Waals surface area contributed by atoms with Crippen LogP contribution in [0.3, 0.4) is 0 Å². The predicted octanol–water partition coefficient (Wildman–Crippen LogP) is 6.06. The summed E-state index contributed by atoms with van der Waals surface area (Å²) in [4.78, 5) is 12.3. The number of aryl methyl sites for hydroxylation is 1. The zero-order valence-electron chi connectivity index (χ0n) is 21.6. The Balaban J connectivity index is 1.99. The van der Waals surface area contributed by atoms with Gasteiger partial charge in [0.2, 0.25) is 0 Å². The minimum atomic E-state index is -4.27. The van der Waals surface area contributed by atoms with Crippen LogP contribution >= 0.6 is 0 Å². The lowest BCUT2D eigenvalue weighted by Gasteiger charge is -2.36. The maximum absolute atomic E-state index is 12.4. The summed E-state index contributed by atoms with van der Waals surface area (Å²) in [6.07, 6.45) is 1.07. The molecule has 0 fully saturated rings. The molecule has 6 nitrogen and oxygen atoms in total. The standard InChI is InChI=1S/C27H39NO5S/c1-18-15-21(11-14-24(18)34(30,31)32)19(2)28-25(29)17-33-22-12-9-20(10-13-22)23(27(6,7)8)16-26(3,4)5/h9-15,19,23H,16-17H2,1-8H3,(H,28,29)(H,30,31,32). The molecule has 0 aliphatic rings. The van der Waals surface area contributed by atoms with E-state index >= 15 is 0 Å². The number of benzene rings is 2. The van der Waals surface area contributed by atoms with Crippen LogP contribution in [0.15, 0.2) is 47.4 Å². The van der Waals surface area contributed by atoms with Crippen molar-refractivity contribution in [1.29, 1.82) is 0 Å². The van der Waals surface area contributed by atoms with E-state index in [0.29, 0.717) is 17.2 Å². The van der Waals surface area contributed by atoms with Gasteiger partial charge in [0.25, 0.3) is 16.0 Å². The monoisotopic (exact) mass is 489 g/mol. The highest BCUT2D eigenvalue weighted by molar-refractivity contribution is 7.85. The highest BCUT2D eigenvalue weighted by Crippen LogP contribution is 2.43. The highest BCUT2D eigenvalue weighted by atomic mass is 32.2. The lowest BCUT2D eigenvalue weighted by molar-refractivity contribution is -0.123. The summed E-state index contributed by atoms with van der Waals surface area (Å²) in [5, 5.41) is 2.85. The molecule has 0 aliphatic heterocycles. The van der Waals surface area contributed by atoms with E-state index in [1.54, 1.807) is 26.0 Å². The van der Waals surface area contributed by atoms with Gasteiger partial charge in [-0.1, -0.05) is 65.8 Å². The Labute approximate surface area is 204 Å². The van der Waals surface area contributed by atoms with E-state index in [1.807, 2.05) is 12.1 Å². The SMILES string of the molecule is Cc1cc(C(C)NC(=O)COc2ccc(C(CC(C)(C)C)C(C)(C)C)cc2)ccc1S(=O)(=O)O. The third-order valence-corrected chi connectivity index (χ3v) is 6.88. The zero-order valence-corrected chi connectivity index (χ0v) is 22.4. The van der Waals surface area contributed by atoms with Crippen LogP contribution in [-0.4, -0.2) is 25.5 Å². The van der Waals surface area contributed by atoms with Gasteiger partial charge in [-0.05, 0) is 71.9 Å². The zero-order chi connectivity index (χ0) is 25.9. The van der Waals surface area contributed by atoms with Crippen LogP contribution in [0.25, 0.3) is 0 Å². The van der Waals surface area contributed by atoms with Crippen molar-refractivity contribution in [3.8, 4) is 5.75 Å². The van der Waals surface area contributed by atoms with E-state index in [9.17, 15) is 17.8 Å². The Morgan fingerprint density at radius 3 is 2.03 bits per heavy atom. The Morgan fingerprint density at radius 2 is 1.56 bits per heavy atom. The van der Waals surface area contributed by atoms with Crippen LogP contribution in [0.4, 0.5) is 0 Å². The number of ether oxygens (including phenoxy) is 1. The Kier molecular flexibility index (Phi) is 8.59. The lowest BCUT2D eigenvalue weighted by atomic mass is 9.69. The molecule has 2 aromatic rings. The molecule has 188 valence electrons. The maximum atomic E-state index is 12.4. The molecule has 0 bridgehead atoms. The van der Waals surface area contributed by atoms with Crippen molar-refractivity contribution in [1.82, 2.24) is 5.32 Å². The van der Waals surface area contributed by atoms with E-state index in [2.05, 4.69) is 59.0 Å². The van der Waals surface area contributed by atoms with Crippen molar-refractivity contribution < 1.29 is 22.5 Å². The first-order valence-electron chi connectivity index (χ1n) is 11.6. The normalized spacial score (nSPS) is 14.4. The minimum Gasteiger partial charge on any atom is -0.484 e. The van der Waals surface area contributed by atoms with Gasteiger partial charge in [-0.25, -0.2) is 0 Å². The van der Waals surface area contributed by atoms with Gasteiger partial charge in [0.05, 0.1) is 10.9 Å². The largest absolute Gasteiger partial charge is 0.484 e. The van der Waals surface area contributed by atoms with Crippen LogP contribution in [-0.2, 0) is 14.9 Å². The summed E-state index contributed by atoms with van der Waals surface area (Å²) in [6.45, 7) is 16.8. The van der Waals surface area contributed by atoms with Gasteiger partial charge < -0.3 is 10.1 Å². The van der Waals surface area contributed by atoms with Crippen molar-refractivity contribution in [2.75, 3.05) is 6.61 Å². The van der Waals surface area contributed by atoms with Crippen molar-refractivity contribution in [2.24, 2.45) is 10.8 Å². The number of nitrogens with one attached hydrogen (secondary N) is 1. The molecule has 0 saturated heterocycles. The summed E-state index contributed by atoms with van der Waals surface area (Å²) in [7, 11) is -4.27. The van der Waals surface area contributed by atoms with Crippen LogP contribution in [0.2, 0.25) is 0 Å². The van der Waals surface area contributed by atoms with E-state index in [1.165, 1.54) is 11.6 Å². The number of hydrogen-bond donors (Lipinski definition) is 2. The van der Waals surface area contributed by atoms with Gasteiger partial charge >= 0.3 is 0 Å². The van der Waals surface area contributed by atoms with Crippen molar-refractivity contribution in [3.63, 3.8) is 0 Å². The number of carbonyl (C=O) groups is 1. The smallest absolute Gasteiger partial charge is 0.294 e. The quantitative estimate of drug-likeness (QED) is 0.439. The van der Waals surface area contributed by atoms with Gasteiger partial charge in [-0.2, -0.15) is 8.42 Å². The minimum absolute atomic E-state index is 0.129. The molecule has 0 radical (unpaired) electrons. The maximum Gasteiger partial charge on any atom is 0.294 e. The summed E-state index contributed by atoms with van der Waals surface area (Å²) < 4.78 is 37.7. The first-order valence-corrected chi connectivity index (χ1v) is 13.0. The molecule has 0 aromatic heterocycles. The third kappa shape index (κ3) is 8.13. The van der Waals surface area contributed by atoms with Gasteiger partial charge in [0, 0.05) is 0 Å². The topological polar surface area (TPSA) is 92.7 Å². The number of rotatable bonds is 8. The highest BCUT2D eigenvalue weighted by Gasteiger charge is 2.30. The molecule has 0 spiro atoms.